The van der Waals surface area contributed by atoms with Gasteiger partial charge >= 0.3 is 0 Å². The van der Waals surface area contributed by atoms with E-state index in [2.05, 4.69) is 11.1 Å². The molecule has 0 atom stereocenters. The van der Waals surface area contributed by atoms with E-state index in [1.807, 2.05) is 17.5 Å². The summed E-state index contributed by atoms with van der Waals surface area (Å²) < 4.78 is 5.47. The third-order valence-electron chi connectivity index (χ3n) is 3.39. The number of nitrogens with two attached hydrogens (primary N) is 1. The van der Waals surface area contributed by atoms with Crippen LogP contribution in [0.1, 0.15) is 23.2 Å². The van der Waals surface area contributed by atoms with E-state index in [0.29, 0.717) is 18.0 Å². The molecule has 104 valence electrons. The van der Waals surface area contributed by atoms with Gasteiger partial charge in [0, 0.05) is 24.6 Å². The largest absolute Gasteiger partial charge is 0.493 e. The number of carbonyl (C=O) groups is 1. The predicted molar refractivity (Wildman–Crippen MR) is 79.2 cm³/mol. The minimum absolute atomic E-state index is 0.201. The summed E-state index contributed by atoms with van der Waals surface area (Å²) in [5, 5.41) is 2.37. The highest BCUT2D eigenvalue weighted by atomic mass is 32.1. The van der Waals surface area contributed by atoms with Gasteiger partial charge in [0.2, 0.25) is 0 Å². The molecule has 1 aromatic carbocycles. The highest BCUT2D eigenvalue weighted by Gasteiger charge is 2.13. The summed E-state index contributed by atoms with van der Waals surface area (Å²) in [7, 11) is 0. The number of Topliss-reactive ketones (excluding diaryl/α,β-unsaturated/α-hetero) is 1. The number of ether oxygens (including phenoxy) is 1. The molecule has 0 amide bonds. The number of thiazole rings is 1. The lowest BCUT2D eigenvalue weighted by Crippen LogP contribution is -2.05. The van der Waals surface area contributed by atoms with Gasteiger partial charge in [0.15, 0.2) is 5.13 Å². The maximum atomic E-state index is 11.9. The normalized spacial score (nSPS) is 13.0. The third-order valence-corrected chi connectivity index (χ3v) is 4.12. The Labute approximate surface area is 121 Å². The molecule has 1 aromatic heterocycles. The van der Waals surface area contributed by atoms with Crippen molar-refractivity contribution in [2.75, 3.05) is 12.3 Å². The topological polar surface area (TPSA) is 65.2 Å². The Morgan fingerprint density at radius 3 is 3.15 bits per heavy atom. The molecule has 0 unspecified atom stereocenters. The zero-order valence-corrected chi connectivity index (χ0v) is 11.9. The predicted octanol–water partition coefficient (Wildman–Crippen LogP) is 2.40. The number of aryl methyl sites for hydroxylation is 1. The SMILES string of the molecule is Nc1nc(CC(=O)CCc2ccc3c(c2)CCO3)cs1. The molecule has 0 fully saturated rings. The number of hydrogen-bond acceptors (Lipinski definition) is 5. The summed E-state index contributed by atoms with van der Waals surface area (Å²) in [5.74, 6) is 1.19. The van der Waals surface area contributed by atoms with Crippen molar-refractivity contribution < 1.29 is 9.53 Å². The van der Waals surface area contributed by atoms with Crippen LogP contribution in [0, 0.1) is 0 Å². The molecular formula is C15H16N2O2S. The Balaban J connectivity index is 1.55. The number of nitrogens with zero attached hydrogens (tertiary/aromatic N) is 1. The smallest absolute Gasteiger partial charge is 0.180 e. The number of rotatable bonds is 5. The average Bonchev–Trinajstić information content (AvgIpc) is 3.04. The van der Waals surface area contributed by atoms with Crippen molar-refractivity contribution in [2.24, 2.45) is 0 Å². The first kappa shape index (κ1) is 13.1. The van der Waals surface area contributed by atoms with Gasteiger partial charge in [0.1, 0.15) is 11.5 Å². The minimum atomic E-state index is 0.201. The van der Waals surface area contributed by atoms with E-state index in [1.165, 1.54) is 22.5 Å². The number of ketones is 1. The number of hydrogen-bond donors (Lipinski definition) is 1. The molecule has 5 heteroatoms. The van der Waals surface area contributed by atoms with Crippen LogP contribution >= 0.6 is 11.3 Å². The number of anilines is 1. The van der Waals surface area contributed by atoms with Gasteiger partial charge in [0.05, 0.1) is 12.3 Å². The number of carbonyl (C=O) groups excluding carboxylic acids is 1. The van der Waals surface area contributed by atoms with Crippen molar-refractivity contribution in [1.82, 2.24) is 4.98 Å². The second kappa shape index (κ2) is 5.63. The van der Waals surface area contributed by atoms with E-state index in [-0.39, 0.29) is 5.78 Å². The molecule has 0 aliphatic carbocycles. The van der Waals surface area contributed by atoms with Crippen LogP contribution in [0.25, 0.3) is 0 Å². The average molecular weight is 288 g/mol. The van der Waals surface area contributed by atoms with Gasteiger partial charge in [-0.05, 0) is 23.6 Å². The van der Waals surface area contributed by atoms with E-state index in [4.69, 9.17) is 10.5 Å². The Morgan fingerprint density at radius 1 is 1.45 bits per heavy atom. The summed E-state index contributed by atoms with van der Waals surface area (Å²) in [6.07, 6.45) is 2.65. The number of aromatic nitrogens is 1. The Bertz CT molecular complexity index is 637. The van der Waals surface area contributed by atoms with Crippen molar-refractivity contribution in [3.8, 4) is 5.75 Å². The summed E-state index contributed by atoms with van der Waals surface area (Å²) >= 11 is 1.37. The van der Waals surface area contributed by atoms with Crippen molar-refractivity contribution >= 4 is 22.3 Å². The second-order valence-electron chi connectivity index (χ2n) is 4.93. The van der Waals surface area contributed by atoms with E-state index >= 15 is 0 Å². The van der Waals surface area contributed by atoms with Crippen LogP contribution in [0.5, 0.6) is 5.75 Å². The summed E-state index contributed by atoms with van der Waals surface area (Å²) in [4.78, 5) is 16.0. The van der Waals surface area contributed by atoms with Gasteiger partial charge in [-0.3, -0.25) is 4.79 Å². The molecule has 0 bridgehead atoms. The summed E-state index contributed by atoms with van der Waals surface area (Å²) in [6.45, 7) is 0.767. The van der Waals surface area contributed by atoms with Gasteiger partial charge in [-0.15, -0.1) is 11.3 Å². The minimum Gasteiger partial charge on any atom is -0.493 e. The summed E-state index contributed by atoms with van der Waals surface area (Å²) in [5.41, 5.74) is 8.78. The van der Waals surface area contributed by atoms with Gasteiger partial charge in [-0.1, -0.05) is 12.1 Å². The highest BCUT2D eigenvalue weighted by Crippen LogP contribution is 2.26. The lowest BCUT2D eigenvalue weighted by atomic mass is 10.0. The highest BCUT2D eigenvalue weighted by molar-refractivity contribution is 7.13. The molecule has 2 N–H and O–H groups in total. The molecule has 2 aromatic rings. The molecule has 3 rings (SSSR count). The van der Waals surface area contributed by atoms with E-state index in [0.717, 1.165) is 30.9 Å². The molecule has 0 saturated heterocycles. The van der Waals surface area contributed by atoms with E-state index in [1.54, 1.807) is 0 Å². The fraction of sp³-hybridized carbons (Fsp3) is 0.333. The molecular weight excluding hydrogens is 272 g/mol. The van der Waals surface area contributed by atoms with Gasteiger partial charge < -0.3 is 10.5 Å². The molecule has 1 aliphatic heterocycles. The van der Waals surface area contributed by atoms with Crippen molar-refractivity contribution in [3.63, 3.8) is 0 Å². The first-order valence-electron chi connectivity index (χ1n) is 6.67. The second-order valence-corrected chi connectivity index (χ2v) is 5.82. The molecule has 0 radical (unpaired) electrons. The Morgan fingerprint density at radius 2 is 2.35 bits per heavy atom. The Hall–Kier alpha value is -1.88. The summed E-state index contributed by atoms with van der Waals surface area (Å²) in [6, 6.07) is 6.19. The zero-order chi connectivity index (χ0) is 13.9. The maximum Gasteiger partial charge on any atom is 0.180 e. The number of benzene rings is 1. The van der Waals surface area contributed by atoms with Crippen LogP contribution in [0.3, 0.4) is 0 Å². The van der Waals surface area contributed by atoms with Crippen LogP contribution in [-0.4, -0.2) is 17.4 Å². The first-order chi connectivity index (χ1) is 9.70. The van der Waals surface area contributed by atoms with Crippen molar-refractivity contribution in [1.29, 1.82) is 0 Å². The van der Waals surface area contributed by atoms with E-state index < -0.39 is 0 Å². The molecule has 4 nitrogen and oxygen atoms in total. The zero-order valence-electron chi connectivity index (χ0n) is 11.1. The quantitative estimate of drug-likeness (QED) is 0.917. The monoisotopic (exact) mass is 288 g/mol. The van der Waals surface area contributed by atoms with E-state index in [9.17, 15) is 4.79 Å². The van der Waals surface area contributed by atoms with Gasteiger partial charge in [-0.25, -0.2) is 4.98 Å². The number of nitrogen functional groups attached to an aromatic ring is 1. The van der Waals surface area contributed by atoms with Crippen LogP contribution in [0.15, 0.2) is 23.6 Å². The van der Waals surface area contributed by atoms with Crippen LogP contribution in [0.4, 0.5) is 5.13 Å². The lowest BCUT2D eigenvalue weighted by Gasteiger charge is -2.03. The molecule has 0 saturated carbocycles. The Kier molecular flexibility index (Phi) is 3.69. The fourth-order valence-corrected chi connectivity index (χ4v) is 2.94. The first-order valence-corrected chi connectivity index (χ1v) is 7.55. The molecule has 2 heterocycles. The number of fused-ring (bicyclic) bond motifs is 1. The van der Waals surface area contributed by atoms with Crippen molar-refractivity contribution in [2.45, 2.75) is 25.7 Å². The third kappa shape index (κ3) is 2.99. The standard InChI is InChI=1S/C15H16N2O2S/c16-15-17-12(9-20-15)8-13(18)3-1-10-2-4-14-11(7-10)5-6-19-14/h2,4,7,9H,1,3,5-6,8H2,(H2,16,17). The van der Waals surface area contributed by atoms with Gasteiger partial charge in [0.25, 0.3) is 0 Å². The molecule has 0 spiro atoms. The fourth-order valence-electron chi connectivity index (χ4n) is 2.37. The van der Waals surface area contributed by atoms with Crippen LogP contribution in [0.2, 0.25) is 0 Å². The van der Waals surface area contributed by atoms with Crippen LogP contribution < -0.4 is 10.5 Å². The lowest BCUT2D eigenvalue weighted by molar-refractivity contribution is -0.118. The maximum absolute atomic E-state index is 11.9. The van der Waals surface area contributed by atoms with Crippen LogP contribution in [-0.2, 0) is 24.1 Å². The van der Waals surface area contributed by atoms with Gasteiger partial charge in [-0.2, -0.15) is 0 Å². The van der Waals surface area contributed by atoms with Crippen molar-refractivity contribution in [3.05, 3.63) is 40.4 Å². The molecule has 1 aliphatic rings. The molecule has 20 heavy (non-hydrogen) atoms.